The number of hydrogen-bond acceptors (Lipinski definition) is 6. The third kappa shape index (κ3) is 4.53. The predicted molar refractivity (Wildman–Crippen MR) is 112 cm³/mol. The molecule has 0 aliphatic carbocycles. The summed E-state index contributed by atoms with van der Waals surface area (Å²) in [6.07, 6.45) is 0.400. The fraction of sp³-hybridized carbons (Fsp3) is 0.526. The number of aromatic amines is 1. The first kappa shape index (κ1) is 22.7. The van der Waals surface area contributed by atoms with Crippen LogP contribution in [0, 0.1) is 13.8 Å². The molecular weight excluding hydrogens is 428 g/mol. The van der Waals surface area contributed by atoms with Crippen molar-refractivity contribution >= 4 is 20.0 Å². The van der Waals surface area contributed by atoms with Gasteiger partial charge in [0.1, 0.15) is 10.6 Å². The van der Waals surface area contributed by atoms with E-state index in [0.29, 0.717) is 23.6 Å². The Kier molecular flexibility index (Phi) is 6.56. The smallest absolute Gasteiger partial charge is 0.246 e. The topological polar surface area (TPSA) is 113 Å². The molecule has 9 nitrogen and oxygen atoms in total. The first-order chi connectivity index (χ1) is 14.0. The van der Waals surface area contributed by atoms with Crippen molar-refractivity contribution in [2.75, 3.05) is 26.2 Å². The summed E-state index contributed by atoms with van der Waals surface area (Å²) in [6, 6.07) is 6.30. The van der Waals surface area contributed by atoms with Crippen molar-refractivity contribution in [2.24, 2.45) is 0 Å². The maximum atomic E-state index is 13.1. The fourth-order valence-corrected chi connectivity index (χ4v) is 6.78. The molecule has 166 valence electrons. The van der Waals surface area contributed by atoms with Crippen molar-refractivity contribution in [2.45, 2.75) is 50.0 Å². The minimum Gasteiger partial charge on any atom is -0.491 e. The van der Waals surface area contributed by atoms with Crippen molar-refractivity contribution in [3.63, 3.8) is 0 Å². The highest BCUT2D eigenvalue weighted by Crippen LogP contribution is 2.25. The summed E-state index contributed by atoms with van der Waals surface area (Å²) < 4.78 is 60.5. The molecule has 1 aliphatic rings. The Balaban J connectivity index is 1.77. The van der Waals surface area contributed by atoms with E-state index in [4.69, 9.17) is 4.74 Å². The molecule has 0 unspecified atom stereocenters. The van der Waals surface area contributed by atoms with E-state index in [1.54, 1.807) is 26.0 Å². The summed E-state index contributed by atoms with van der Waals surface area (Å²) in [5, 5.41) is 6.67. The van der Waals surface area contributed by atoms with Gasteiger partial charge in [0.05, 0.1) is 22.4 Å². The van der Waals surface area contributed by atoms with Gasteiger partial charge in [-0.2, -0.15) is 13.7 Å². The second kappa shape index (κ2) is 8.66. The lowest BCUT2D eigenvalue weighted by molar-refractivity contribution is 0.242. The van der Waals surface area contributed by atoms with E-state index >= 15 is 0 Å². The molecule has 2 heterocycles. The van der Waals surface area contributed by atoms with Crippen molar-refractivity contribution in [3.05, 3.63) is 35.7 Å². The zero-order chi connectivity index (χ0) is 22.1. The molecule has 0 amide bonds. The number of nitrogens with one attached hydrogen (secondary N) is 1. The van der Waals surface area contributed by atoms with Gasteiger partial charge in [0, 0.05) is 26.2 Å². The van der Waals surface area contributed by atoms with E-state index < -0.39 is 20.0 Å². The number of nitrogens with zero attached hydrogens (tertiary/aromatic N) is 3. The number of sulfonamides is 2. The van der Waals surface area contributed by atoms with Crippen LogP contribution in [-0.2, 0) is 20.0 Å². The van der Waals surface area contributed by atoms with Crippen LogP contribution < -0.4 is 4.74 Å². The molecule has 3 rings (SSSR count). The zero-order valence-electron chi connectivity index (χ0n) is 17.6. The summed E-state index contributed by atoms with van der Waals surface area (Å²) in [5.41, 5.74) is 0.884. The second-order valence-electron chi connectivity index (χ2n) is 7.56. The van der Waals surface area contributed by atoms with E-state index in [2.05, 4.69) is 10.2 Å². The third-order valence-corrected chi connectivity index (χ3v) is 8.98. The Morgan fingerprint density at radius 2 is 1.50 bits per heavy atom. The molecule has 1 aromatic heterocycles. The number of hydrogen-bond donors (Lipinski definition) is 1. The van der Waals surface area contributed by atoms with E-state index in [1.807, 2.05) is 13.8 Å². The van der Waals surface area contributed by atoms with Crippen molar-refractivity contribution in [1.82, 2.24) is 18.8 Å². The highest BCUT2D eigenvalue weighted by Gasteiger charge is 2.34. The van der Waals surface area contributed by atoms with Crippen LogP contribution in [0.2, 0.25) is 0 Å². The summed E-state index contributed by atoms with van der Waals surface area (Å²) in [7, 11) is -7.48. The normalized spacial score (nSPS) is 17.2. The fourth-order valence-electron chi connectivity index (χ4n) is 3.51. The van der Waals surface area contributed by atoms with Gasteiger partial charge in [-0.1, -0.05) is 0 Å². The zero-order valence-corrected chi connectivity index (χ0v) is 19.3. The second-order valence-corrected chi connectivity index (χ2v) is 11.4. The highest BCUT2D eigenvalue weighted by molar-refractivity contribution is 7.89. The van der Waals surface area contributed by atoms with Gasteiger partial charge in [-0.15, -0.1) is 0 Å². The van der Waals surface area contributed by atoms with Crippen LogP contribution in [0.1, 0.15) is 31.7 Å². The maximum absolute atomic E-state index is 13.1. The van der Waals surface area contributed by atoms with Crippen LogP contribution in [-0.4, -0.2) is 67.9 Å². The van der Waals surface area contributed by atoms with Crippen LogP contribution in [0.3, 0.4) is 0 Å². The number of aromatic nitrogens is 2. The maximum Gasteiger partial charge on any atom is 0.246 e. The number of rotatable bonds is 6. The standard InChI is InChI=1S/C19H28N4O5S2/c1-14(2)28-17-6-8-18(9-7-17)29(24,25)22-10-5-11-23(13-12-22)30(26,27)19-15(3)20-21-16(19)4/h6-9,14H,5,10-13H2,1-4H3,(H,20,21). The summed E-state index contributed by atoms with van der Waals surface area (Å²) in [6.45, 7) is 7.76. The van der Waals surface area contributed by atoms with Crippen molar-refractivity contribution in [3.8, 4) is 5.75 Å². The first-order valence-electron chi connectivity index (χ1n) is 9.82. The van der Waals surface area contributed by atoms with Gasteiger partial charge in [0.2, 0.25) is 20.0 Å². The SMILES string of the molecule is Cc1n[nH]c(C)c1S(=O)(=O)N1CCCN(S(=O)(=O)c2ccc(OC(C)C)cc2)CC1. The van der Waals surface area contributed by atoms with Gasteiger partial charge in [0.15, 0.2) is 0 Å². The van der Waals surface area contributed by atoms with Crippen LogP contribution >= 0.6 is 0 Å². The quantitative estimate of drug-likeness (QED) is 0.710. The number of ether oxygens (including phenoxy) is 1. The van der Waals surface area contributed by atoms with Gasteiger partial charge in [0.25, 0.3) is 0 Å². The average molecular weight is 457 g/mol. The molecule has 1 N–H and O–H groups in total. The number of benzene rings is 1. The summed E-state index contributed by atoms with van der Waals surface area (Å²) in [5.74, 6) is 0.600. The van der Waals surface area contributed by atoms with Gasteiger partial charge in [-0.05, 0) is 58.4 Å². The monoisotopic (exact) mass is 456 g/mol. The van der Waals surface area contributed by atoms with Crippen LogP contribution in [0.25, 0.3) is 0 Å². The molecule has 1 fully saturated rings. The van der Waals surface area contributed by atoms with Crippen LogP contribution in [0.5, 0.6) is 5.75 Å². The Hall–Kier alpha value is -1.95. The lowest BCUT2D eigenvalue weighted by atomic mass is 10.3. The minimum absolute atomic E-state index is 0.00602. The Morgan fingerprint density at radius 3 is 2.00 bits per heavy atom. The molecule has 1 aromatic carbocycles. The van der Waals surface area contributed by atoms with Gasteiger partial charge in [-0.25, -0.2) is 16.8 Å². The third-order valence-electron chi connectivity index (χ3n) is 4.91. The minimum atomic E-state index is -3.75. The molecule has 30 heavy (non-hydrogen) atoms. The van der Waals surface area contributed by atoms with E-state index in [9.17, 15) is 16.8 Å². The number of aryl methyl sites for hydroxylation is 2. The molecule has 0 bridgehead atoms. The van der Waals surface area contributed by atoms with Gasteiger partial charge >= 0.3 is 0 Å². The molecule has 11 heteroatoms. The Bertz CT molecular complexity index is 1070. The Morgan fingerprint density at radius 1 is 0.933 bits per heavy atom. The van der Waals surface area contributed by atoms with Gasteiger partial charge in [-0.3, -0.25) is 5.10 Å². The molecule has 2 aromatic rings. The highest BCUT2D eigenvalue weighted by atomic mass is 32.2. The van der Waals surface area contributed by atoms with E-state index in [0.717, 1.165) is 0 Å². The lowest BCUT2D eigenvalue weighted by Crippen LogP contribution is -2.37. The molecule has 1 aliphatic heterocycles. The number of H-pyrrole nitrogens is 1. The Labute approximate surface area is 178 Å². The average Bonchev–Trinajstić information content (AvgIpc) is 2.86. The molecule has 0 radical (unpaired) electrons. The molecule has 0 atom stereocenters. The predicted octanol–water partition coefficient (Wildman–Crippen LogP) is 1.90. The van der Waals surface area contributed by atoms with Crippen molar-refractivity contribution < 1.29 is 21.6 Å². The van der Waals surface area contributed by atoms with Crippen molar-refractivity contribution in [1.29, 1.82) is 0 Å². The molecule has 0 saturated carbocycles. The molecular formula is C19H28N4O5S2. The van der Waals surface area contributed by atoms with E-state index in [1.165, 1.54) is 20.7 Å². The first-order valence-corrected chi connectivity index (χ1v) is 12.7. The molecule has 1 saturated heterocycles. The lowest BCUT2D eigenvalue weighted by Gasteiger charge is -2.22. The largest absolute Gasteiger partial charge is 0.491 e. The molecule has 0 spiro atoms. The van der Waals surface area contributed by atoms with Crippen LogP contribution in [0.15, 0.2) is 34.1 Å². The summed E-state index contributed by atoms with van der Waals surface area (Å²) in [4.78, 5) is 0.330. The van der Waals surface area contributed by atoms with Gasteiger partial charge < -0.3 is 4.74 Å². The van der Waals surface area contributed by atoms with Crippen LogP contribution in [0.4, 0.5) is 0 Å². The summed E-state index contributed by atoms with van der Waals surface area (Å²) >= 11 is 0. The van der Waals surface area contributed by atoms with E-state index in [-0.39, 0.29) is 42.1 Å².